The largest absolute Gasteiger partial charge is 0.451 e. The van der Waals surface area contributed by atoms with Crippen LogP contribution in [0, 0.1) is 0 Å². The van der Waals surface area contributed by atoms with Crippen LogP contribution in [0.4, 0.5) is 0 Å². The highest BCUT2D eigenvalue weighted by Crippen LogP contribution is 2.28. The summed E-state index contributed by atoms with van der Waals surface area (Å²) in [5.41, 5.74) is 4.47. The first-order valence-corrected chi connectivity index (χ1v) is 10.4. The van der Waals surface area contributed by atoms with Crippen LogP contribution in [-0.2, 0) is 28.8 Å². The molecule has 0 unspecified atom stereocenters. The Bertz CT molecular complexity index is 1010. The minimum absolute atomic E-state index is 0.295. The highest BCUT2D eigenvalue weighted by molar-refractivity contribution is 5.91. The second-order valence-corrected chi connectivity index (χ2v) is 7.39. The normalized spacial score (nSPS) is 12.4. The molecule has 30 heavy (non-hydrogen) atoms. The predicted octanol–water partition coefficient (Wildman–Crippen LogP) is 3.27. The summed E-state index contributed by atoms with van der Waals surface area (Å²) in [5.74, 6) is -0.835. The van der Waals surface area contributed by atoms with Gasteiger partial charge in [-0.05, 0) is 49.8 Å². The van der Waals surface area contributed by atoms with E-state index in [9.17, 15) is 9.59 Å². The first-order chi connectivity index (χ1) is 14.7. The Hall–Kier alpha value is -3.41. The van der Waals surface area contributed by atoms with E-state index in [1.54, 1.807) is 0 Å². The summed E-state index contributed by atoms with van der Waals surface area (Å²) in [6.07, 6.45) is 4.40. The first-order valence-electron chi connectivity index (χ1n) is 10.4. The molecule has 1 N–H and O–H groups in total. The minimum atomic E-state index is -0.540. The van der Waals surface area contributed by atoms with Gasteiger partial charge in [-0.15, -0.1) is 0 Å². The monoisotopic (exact) mass is 403 g/mol. The molecule has 0 saturated heterocycles. The van der Waals surface area contributed by atoms with E-state index in [4.69, 9.17) is 4.74 Å². The number of nitrogens with one attached hydrogen (secondary N) is 1. The van der Waals surface area contributed by atoms with Crippen molar-refractivity contribution in [1.82, 2.24) is 15.1 Å². The maximum Gasteiger partial charge on any atom is 0.359 e. The lowest BCUT2D eigenvalue weighted by Gasteiger charge is -2.07. The molecule has 0 radical (unpaired) electrons. The summed E-state index contributed by atoms with van der Waals surface area (Å²) in [6, 6.07) is 19.9. The fourth-order valence-corrected chi connectivity index (χ4v) is 3.80. The highest BCUT2D eigenvalue weighted by Gasteiger charge is 2.28. The lowest BCUT2D eigenvalue weighted by molar-refractivity contribution is -0.124. The van der Waals surface area contributed by atoms with Gasteiger partial charge in [-0.3, -0.25) is 4.79 Å². The zero-order chi connectivity index (χ0) is 20.8. The minimum Gasteiger partial charge on any atom is -0.451 e. The third-order valence-electron chi connectivity index (χ3n) is 5.27. The van der Waals surface area contributed by atoms with Crippen LogP contribution in [0.1, 0.15) is 40.2 Å². The summed E-state index contributed by atoms with van der Waals surface area (Å²) in [4.78, 5) is 24.6. The molecule has 0 aliphatic heterocycles. The number of carbonyl (C=O) groups is 2. The van der Waals surface area contributed by atoms with E-state index in [-0.39, 0.29) is 12.5 Å². The molecule has 0 fully saturated rings. The summed E-state index contributed by atoms with van der Waals surface area (Å²) in [5, 5.41) is 7.30. The van der Waals surface area contributed by atoms with Crippen LogP contribution in [0.25, 0.3) is 5.69 Å². The topological polar surface area (TPSA) is 73.2 Å². The fraction of sp³-hybridized carbons (Fsp3) is 0.292. The van der Waals surface area contributed by atoms with Crippen molar-refractivity contribution >= 4 is 11.9 Å². The summed E-state index contributed by atoms with van der Waals surface area (Å²) >= 11 is 0. The average Bonchev–Trinajstić information content (AvgIpc) is 3.39. The number of benzene rings is 2. The van der Waals surface area contributed by atoms with Gasteiger partial charge in [0.1, 0.15) is 0 Å². The predicted molar refractivity (Wildman–Crippen MR) is 114 cm³/mol. The third kappa shape index (κ3) is 4.59. The smallest absolute Gasteiger partial charge is 0.359 e. The highest BCUT2D eigenvalue weighted by atomic mass is 16.5. The van der Waals surface area contributed by atoms with Crippen molar-refractivity contribution in [2.24, 2.45) is 0 Å². The molecule has 1 aromatic heterocycles. The van der Waals surface area contributed by atoms with E-state index in [1.165, 1.54) is 5.56 Å². The summed E-state index contributed by atoms with van der Waals surface area (Å²) < 4.78 is 7.07. The number of hydrogen-bond donors (Lipinski definition) is 1. The lowest BCUT2D eigenvalue weighted by atomic mass is 10.1. The van der Waals surface area contributed by atoms with Crippen LogP contribution in [0.3, 0.4) is 0 Å². The van der Waals surface area contributed by atoms with Crippen molar-refractivity contribution < 1.29 is 14.3 Å². The number of amides is 1. The number of aryl methyl sites for hydroxylation is 1. The van der Waals surface area contributed by atoms with Crippen molar-refractivity contribution in [3.8, 4) is 5.69 Å². The molecule has 1 aliphatic rings. The molecule has 1 amide bonds. The van der Waals surface area contributed by atoms with E-state index in [1.807, 2.05) is 53.2 Å². The number of fused-ring (bicyclic) bond motifs is 1. The zero-order valence-electron chi connectivity index (χ0n) is 16.8. The number of rotatable bonds is 8. The summed E-state index contributed by atoms with van der Waals surface area (Å²) in [6.45, 7) is 0.250. The van der Waals surface area contributed by atoms with Crippen molar-refractivity contribution in [3.63, 3.8) is 0 Å². The molecule has 0 spiro atoms. The van der Waals surface area contributed by atoms with Gasteiger partial charge in [-0.1, -0.05) is 48.5 Å². The molecule has 0 saturated carbocycles. The van der Waals surface area contributed by atoms with E-state index in [0.717, 1.165) is 49.0 Å². The van der Waals surface area contributed by atoms with Gasteiger partial charge in [0.15, 0.2) is 12.3 Å². The van der Waals surface area contributed by atoms with E-state index in [2.05, 4.69) is 22.5 Å². The Labute approximate surface area is 175 Å². The van der Waals surface area contributed by atoms with Gasteiger partial charge in [0.05, 0.1) is 5.69 Å². The standard InChI is InChI=1S/C24H25N3O3/c28-22(25-16-8-11-18-9-3-1-4-10-18)17-30-24(29)23-20-14-7-15-21(20)27(26-23)19-12-5-2-6-13-19/h1-6,9-10,12-13H,7-8,11,14-17H2,(H,25,28). The van der Waals surface area contributed by atoms with Crippen molar-refractivity contribution in [1.29, 1.82) is 0 Å². The Morgan fingerprint density at radius 1 is 1.00 bits per heavy atom. The molecule has 1 aliphatic carbocycles. The number of hydrogen-bond acceptors (Lipinski definition) is 4. The van der Waals surface area contributed by atoms with Gasteiger partial charge in [0, 0.05) is 17.8 Å². The summed E-state index contributed by atoms with van der Waals surface area (Å²) in [7, 11) is 0. The van der Waals surface area contributed by atoms with Gasteiger partial charge in [0.25, 0.3) is 5.91 Å². The van der Waals surface area contributed by atoms with Crippen LogP contribution >= 0.6 is 0 Å². The van der Waals surface area contributed by atoms with Gasteiger partial charge in [-0.25, -0.2) is 9.48 Å². The number of aromatic nitrogens is 2. The number of ether oxygens (including phenoxy) is 1. The van der Waals surface area contributed by atoms with E-state index < -0.39 is 5.97 Å². The number of carbonyl (C=O) groups excluding carboxylic acids is 2. The van der Waals surface area contributed by atoms with Crippen LogP contribution in [0.2, 0.25) is 0 Å². The van der Waals surface area contributed by atoms with Crippen LogP contribution < -0.4 is 5.32 Å². The third-order valence-corrected chi connectivity index (χ3v) is 5.27. The van der Waals surface area contributed by atoms with E-state index in [0.29, 0.717) is 12.2 Å². The molecule has 3 aromatic rings. The number of nitrogens with zero attached hydrogens (tertiary/aromatic N) is 2. The van der Waals surface area contributed by atoms with Crippen molar-refractivity contribution in [2.45, 2.75) is 32.1 Å². The Balaban J connectivity index is 1.30. The van der Waals surface area contributed by atoms with Gasteiger partial charge in [-0.2, -0.15) is 5.10 Å². The maximum atomic E-state index is 12.6. The molecule has 6 heteroatoms. The fourth-order valence-electron chi connectivity index (χ4n) is 3.80. The molecule has 0 atom stereocenters. The molecule has 4 rings (SSSR count). The van der Waals surface area contributed by atoms with Crippen molar-refractivity contribution in [3.05, 3.63) is 83.2 Å². The van der Waals surface area contributed by atoms with Gasteiger partial charge >= 0.3 is 5.97 Å². The Morgan fingerprint density at radius 2 is 1.73 bits per heavy atom. The maximum absolute atomic E-state index is 12.6. The van der Waals surface area contributed by atoms with Crippen LogP contribution in [-0.4, -0.2) is 34.8 Å². The number of para-hydroxylation sites is 1. The van der Waals surface area contributed by atoms with Crippen molar-refractivity contribution in [2.75, 3.05) is 13.2 Å². The average molecular weight is 403 g/mol. The molecular formula is C24H25N3O3. The molecule has 154 valence electrons. The molecular weight excluding hydrogens is 378 g/mol. The second kappa shape index (κ2) is 9.39. The lowest BCUT2D eigenvalue weighted by Crippen LogP contribution is -2.30. The van der Waals surface area contributed by atoms with Gasteiger partial charge in [0.2, 0.25) is 0 Å². The molecule has 0 bridgehead atoms. The Kier molecular flexibility index (Phi) is 6.23. The zero-order valence-corrected chi connectivity index (χ0v) is 16.8. The van der Waals surface area contributed by atoms with Crippen LogP contribution in [0.15, 0.2) is 60.7 Å². The number of esters is 1. The SMILES string of the molecule is O=C(COC(=O)c1nn(-c2ccccc2)c2c1CCC2)NCCCc1ccccc1. The van der Waals surface area contributed by atoms with Gasteiger partial charge < -0.3 is 10.1 Å². The van der Waals surface area contributed by atoms with E-state index >= 15 is 0 Å². The quantitative estimate of drug-likeness (QED) is 0.463. The second-order valence-electron chi connectivity index (χ2n) is 7.39. The molecule has 6 nitrogen and oxygen atoms in total. The first kappa shape index (κ1) is 19.9. The van der Waals surface area contributed by atoms with Crippen LogP contribution in [0.5, 0.6) is 0 Å². The Morgan fingerprint density at radius 3 is 2.50 bits per heavy atom. The molecule has 2 aromatic carbocycles. The molecule has 1 heterocycles.